The molecule has 0 atom stereocenters. The number of ether oxygens (including phenoxy) is 2. The Morgan fingerprint density at radius 2 is 2.05 bits per heavy atom. The molecule has 0 amide bonds. The molecule has 0 saturated carbocycles. The Kier molecular flexibility index (Phi) is 4.59. The number of hydrogen-bond acceptors (Lipinski definition) is 5. The van der Waals surface area contributed by atoms with E-state index in [1.54, 1.807) is 0 Å². The normalized spacial score (nSPS) is 17.1. The third-order valence-corrected chi connectivity index (χ3v) is 5.16. The maximum absolute atomic E-state index is 14.1. The van der Waals surface area contributed by atoms with E-state index in [0.29, 0.717) is 13.2 Å². The summed E-state index contributed by atoms with van der Waals surface area (Å²) in [7, 11) is -2.46. The maximum Gasteiger partial charge on any atom is 0.243 e. The Morgan fingerprint density at radius 1 is 1.40 bits per heavy atom. The number of halogens is 1. The van der Waals surface area contributed by atoms with Crippen LogP contribution in [0, 0.1) is 5.82 Å². The first kappa shape index (κ1) is 15.2. The molecule has 0 aromatic heterocycles. The van der Waals surface area contributed by atoms with Crippen LogP contribution < -0.4 is 10.5 Å². The zero-order valence-corrected chi connectivity index (χ0v) is 12.0. The van der Waals surface area contributed by atoms with Gasteiger partial charge < -0.3 is 15.2 Å². The molecule has 0 spiro atoms. The molecule has 0 radical (unpaired) electrons. The van der Waals surface area contributed by atoms with Crippen molar-refractivity contribution in [2.75, 3.05) is 33.4 Å². The average Bonchev–Trinajstić information content (AvgIpc) is 2.47. The van der Waals surface area contributed by atoms with Gasteiger partial charge in [-0.3, -0.25) is 0 Å². The van der Waals surface area contributed by atoms with Crippen molar-refractivity contribution in [2.24, 2.45) is 5.73 Å². The number of sulfonamides is 1. The first-order valence-corrected chi connectivity index (χ1v) is 7.59. The van der Waals surface area contributed by atoms with Gasteiger partial charge in [-0.05, 0) is 12.1 Å². The van der Waals surface area contributed by atoms with Crippen LogP contribution >= 0.6 is 0 Å². The average molecular weight is 304 g/mol. The van der Waals surface area contributed by atoms with Crippen molar-refractivity contribution in [1.82, 2.24) is 4.31 Å². The van der Waals surface area contributed by atoms with Gasteiger partial charge in [-0.15, -0.1) is 0 Å². The summed E-state index contributed by atoms with van der Waals surface area (Å²) in [6.45, 7) is 0.938. The molecule has 1 aromatic rings. The van der Waals surface area contributed by atoms with Crippen LogP contribution in [-0.4, -0.2) is 46.1 Å². The summed E-state index contributed by atoms with van der Waals surface area (Å²) in [6, 6.07) is 2.62. The Morgan fingerprint density at radius 3 is 2.60 bits per heavy atom. The molecule has 6 nitrogen and oxygen atoms in total. The van der Waals surface area contributed by atoms with E-state index < -0.39 is 15.8 Å². The molecule has 1 fully saturated rings. The zero-order valence-electron chi connectivity index (χ0n) is 11.1. The third kappa shape index (κ3) is 2.64. The second kappa shape index (κ2) is 6.04. The number of hydrogen-bond donors (Lipinski definition) is 1. The highest BCUT2D eigenvalue weighted by atomic mass is 32.2. The second-order valence-electron chi connectivity index (χ2n) is 4.28. The van der Waals surface area contributed by atoms with E-state index in [-0.39, 0.29) is 35.8 Å². The van der Waals surface area contributed by atoms with Gasteiger partial charge in [0.15, 0.2) is 11.6 Å². The lowest BCUT2D eigenvalue weighted by Crippen LogP contribution is -2.41. The van der Waals surface area contributed by atoms with Crippen LogP contribution in [-0.2, 0) is 21.3 Å². The molecule has 1 aromatic carbocycles. The standard InChI is InChI=1S/C12H17FN2O4S/c1-18-10-2-3-11(9(8-14)12(10)13)20(16,17)15-4-6-19-7-5-15/h2-3H,4-8,14H2,1H3. The molecule has 0 bridgehead atoms. The van der Waals surface area contributed by atoms with Gasteiger partial charge in [0, 0.05) is 25.2 Å². The minimum atomic E-state index is -3.77. The molecule has 112 valence electrons. The van der Waals surface area contributed by atoms with E-state index in [9.17, 15) is 12.8 Å². The van der Waals surface area contributed by atoms with Crippen LogP contribution in [0.1, 0.15) is 5.56 Å². The van der Waals surface area contributed by atoms with E-state index in [4.69, 9.17) is 15.2 Å². The van der Waals surface area contributed by atoms with Crippen LogP contribution in [0.4, 0.5) is 4.39 Å². The molecule has 0 aliphatic carbocycles. The smallest absolute Gasteiger partial charge is 0.243 e. The molecule has 1 saturated heterocycles. The van der Waals surface area contributed by atoms with Crippen molar-refractivity contribution in [3.63, 3.8) is 0 Å². The van der Waals surface area contributed by atoms with E-state index >= 15 is 0 Å². The predicted octanol–water partition coefficient (Wildman–Crippen LogP) is 0.314. The quantitative estimate of drug-likeness (QED) is 0.866. The van der Waals surface area contributed by atoms with Gasteiger partial charge in [0.05, 0.1) is 25.2 Å². The Bertz CT molecular complexity index is 585. The van der Waals surface area contributed by atoms with Crippen molar-refractivity contribution in [3.8, 4) is 5.75 Å². The minimum absolute atomic E-state index is 0.0219. The van der Waals surface area contributed by atoms with Gasteiger partial charge in [0.25, 0.3) is 0 Å². The van der Waals surface area contributed by atoms with Crippen molar-refractivity contribution >= 4 is 10.0 Å². The summed E-state index contributed by atoms with van der Waals surface area (Å²) < 4.78 is 50.4. The summed E-state index contributed by atoms with van der Waals surface area (Å²) in [6.07, 6.45) is 0. The van der Waals surface area contributed by atoms with E-state index in [0.717, 1.165) is 0 Å². The van der Waals surface area contributed by atoms with Crippen molar-refractivity contribution in [1.29, 1.82) is 0 Å². The molecule has 0 unspecified atom stereocenters. The minimum Gasteiger partial charge on any atom is -0.494 e. The van der Waals surface area contributed by atoms with Gasteiger partial charge in [-0.2, -0.15) is 4.31 Å². The summed E-state index contributed by atoms with van der Waals surface area (Å²) >= 11 is 0. The van der Waals surface area contributed by atoms with Crippen molar-refractivity contribution in [2.45, 2.75) is 11.4 Å². The topological polar surface area (TPSA) is 81.9 Å². The maximum atomic E-state index is 14.1. The first-order chi connectivity index (χ1) is 9.52. The summed E-state index contributed by atoms with van der Waals surface area (Å²) in [5.41, 5.74) is 5.44. The number of morpholine rings is 1. The van der Waals surface area contributed by atoms with Crippen LogP contribution in [0.15, 0.2) is 17.0 Å². The van der Waals surface area contributed by atoms with Crippen LogP contribution in [0.2, 0.25) is 0 Å². The molecular weight excluding hydrogens is 287 g/mol. The van der Waals surface area contributed by atoms with E-state index in [1.165, 1.54) is 23.5 Å². The monoisotopic (exact) mass is 304 g/mol. The molecule has 1 heterocycles. The molecule has 2 N–H and O–H groups in total. The Labute approximate surface area is 117 Å². The van der Waals surface area contributed by atoms with Gasteiger partial charge >= 0.3 is 0 Å². The van der Waals surface area contributed by atoms with Crippen LogP contribution in [0.5, 0.6) is 5.75 Å². The van der Waals surface area contributed by atoms with Crippen molar-refractivity contribution < 1.29 is 22.3 Å². The molecule has 8 heteroatoms. The Hall–Kier alpha value is -1.22. The van der Waals surface area contributed by atoms with Crippen molar-refractivity contribution in [3.05, 3.63) is 23.5 Å². The molecule has 20 heavy (non-hydrogen) atoms. The third-order valence-electron chi connectivity index (χ3n) is 3.18. The number of nitrogens with two attached hydrogens (primary N) is 1. The number of methoxy groups -OCH3 is 1. The fraction of sp³-hybridized carbons (Fsp3) is 0.500. The number of nitrogens with zero attached hydrogens (tertiary/aromatic N) is 1. The van der Waals surface area contributed by atoms with Crippen LogP contribution in [0.3, 0.4) is 0 Å². The van der Waals surface area contributed by atoms with Gasteiger partial charge in [0.1, 0.15) is 0 Å². The van der Waals surface area contributed by atoms with Crippen LogP contribution in [0.25, 0.3) is 0 Å². The molecule has 1 aliphatic rings. The lowest BCUT2D eigenvalue weighted by atomic mass is 10.2. The highest BCUT2D eigenvalue weighted by Gasteiger charge is 2.30. The fourth-order valence-corrected chi connectivity index (χ4v) is 3.73. The lowest BCUT2D eigenvalue weighted by Gasteiger charge is -2.27. The SMILES string of the molecule is COc1ccc(S(=O)(=O)N2CCOCC2)c(CN)c1F. The van der Waals surface area contributed by atoms with E-state index in [2.05, 4.69) is 0 Å². The molecule has 2 rings (SSSR count). The predicted molar refractivity (Wildman–Crippen MR) is 70.4 cm³/mol. The summed E-state index contributed by atoms with van der Waals surface area (Å²) in [4.78, 5) is -0.111. The second-order valence-corrected chi connectivity index (χ2v) is 6.19. The Balaban J connectivity index is 2.48. The number of benzene rings is 1. The molecule has 1 aliphatic heterocycles. The zero-order chi connectivity index (χ0) is 14.8. The molecular formula is C12H17FN2O4S. The van der Waals surface area contributed by atoms with Gasteiger partial charge in [-0.1, -0.05) is 0 Å². The fourth-order valence-electron chi connectivity index (χ4n) is 2.10. The first-order valence-electron chi connectivity index (χ1n) is 6.15. The largest absolute Gasteiger partial charge is 0.494 e. The van der Waals surface area contributed by atoms with Gasteiger partial charge in [-0.25, -0.2) is 12.8 Å². The number of rotatable bonds is 4. The van der Waals surface area contributed by atoms with E-state index in [1.807, 2.05) is 0 Å². The lowest BCUT2D eigenvalue weighted by molar-refractivity contribution is 0.0730. The summed E-state index contributed by atoms with van der Waals surface area (Å²) in [5.74, 6) is -0.754. The van der Waals surface area contributed by atoms with Gasteiger partial charge in [0.2, 0.25) is 10.0 Å². The highest BCUT2D eigenvalue weighted by Crippen LogP contribution is 2.28. The highest BCUT2D eigenvalue weighted by molar-refractivity contribution is 7.89. The summed E-state index contributed by atoms with van der Waals surface area (Å²) in [5, 5.41) is 0.